The molecule has 0 amide bonds. The Morgan fingerprint density at radius 3 is 2.46 bits per heavy atom. The van der Waals surface area contributed by atoms with Crippen molar-refractivity contribution in [2.24, 2.45) is 0 Å². The first-order valence-corrected chi connectivity index (χ1v) is 4.15. The van der Waals surface area contributed by atoms with Gasteiger partial charge in [0.25, 0.3) is 0 Å². The third-order valence-corrected chi connectivity index (χ3v) is 2.01. The summed E-state index contributed by atoms with van der Waals surface area (Å²) < 4.78 is 36.7. The first-order valence-electron chi connectivity index (χ1n) is 3.35. The Balaban J connectivity index is 3.10. The lowest BCUT2D eigenvalue weighted by Crippen LogP contribution is -2.06. The van der Waals surface area contributed by atoms with Crippen molar-refractivity contribution < 1.29 is 13.2 Å². The maximum Gasteiger partial charge on any atom is 0.417 e. The Bertz CT molecular complexity index is 311. The van der Waals surface area contributed by atoms with Gasteiger partial charge in [-0.2, -0.15) is 13.2 Å². The van der Waals surface area contributed by atoms with Crippen molar-refractivity contribution in [1.82, 2.24) is 4.98 Å². The van der Waals surface area contributed by atoms with Crippen molar-refractivity contribution >= 4 is 21.7 Å². The molecule has 0 saturated carbocycles. The van der Waals surface area contributed by atoms with E-state index in [1.54, 1.807) is 7.05 Å². The van der Waals surface area contributed by atoms with E-state index in [1.807, 2.05) is 0 Å². The minimum absolute atomic E-state index is 0.296. The van der Waals surface area contributed by atoms with Gasteiger partial charge in [-0.1, -0.05) is 0 Å². The van der Waals surface area contributed by atoms with E-state index in [2.05, 4.69) is 26.2 Å². The lowest BCUT2D eigenvalue weighted by molar-refractivity contribution is -0.137. The molecule has 0 spiro atoms. The third-order valence-electron chi connectivity index (χ3n) is 1.41. The lowest BCUT2D eigenvalue weighted by atomic mass is 10.3. The molecule has 0 aromatic carbocycles. The van der Waals surface area contributed by atoms with Gasteiger partial charge < -0.3 is 5.32 Å². The number of nitrogens with zero attached hydrogens (tertiary/aromatic N) is 1. The van der Waals surface area contributed by atoms with Gasteiger partial charge in [-0.05, 0) is 22.0 Å². The summed E-state index contributed by atoms with van der Waals surface area (Å²) in [6, 6.07) is 0.985. The van der Waals surface area contributed by atoms with Crippen molar-refractivity contribution in [1.29, 1.82) is 0 Å². The Morgan fingerprint density at radius 2 is 2.08 bits per heavy atom. The second kappa shape index (κ2) is 3.53. The van der Waals surface area contributed by atoms with Gasteiger partial charge >= 0.3 is 6.18 Å². The van der Waals surface area contributed by atoms with E-state index in [-0.39, 0.29) is 0 Å². The smallest absolute Gasteiger partial charge is 0.372 e. The summed E-state index contributed by atoms with van der Waals surface area (Å²) >= 11 is 2.97. The average molecular weight is 255 g/mol. The number of halogens is 4. The zero-order chi connectivity index (χ0) is 10.1. The molecule has 0 aliphatic carbocycles. The SMILES string of the molecule is CNc1ncc(C(F)(F)F)cc1Br. The Hall–Kier alpha value is -0.780. The summed E-state index contributed by atoms with van der Waals surface area (Å²) in [5, 5.41) is 2.65. The Morgan fingerprint density at radius 1 is 1.46 bits per heavy atom. The number of alkyl halides is 3. The van der Waals surface area contributed by atoms with E-state index in [1.165, 1.54) is 0 Å². The molecule has 0 aliphatic rings. The van der Waals surface area contributed by atoms with Crippen LogP contribution < -0.4 is 5.32 Å². The molecule has 1 rings (SSSR count). The van der Waals surface area contributed by atoms with E-state index >= 15 is 0 Å². The summed E-state index contributed by atoms with van der Waals surface area (Å²) in [7, 11) is 1.58. The fourth-order valence-electron chi connectivity index (χ4n) is 0.777. The van der Waals surface area contributed by atoms with E-state index in [9.17, 15) is 13.2 Å². The first kappa shape index (κ1) is 10.3. The molecule has 72 valence electrons. The summed E-state index contributed by atoms with van der Waals surface area (Å²) in [5.41, 5.74) is -0.765. The number of hydrogen-bond acceptors (Lipinski definition) is 2. The van der Waals surface area contributed by atoms with Crippen molar-refractivity contribution in [3.63, 3.8) is 0 Å². The van der Waals surface area contributed by atoms with Crippen LogP contribution in [0.2, 0.25) is 0 Å². The fourth-order valence-corrected chi connectivity index (χ4v) is 1.32. The molecular formula is C7H6BrF3N2. The van der Waals surface area contributed by atoms with Crippen LogP contribution in [0.5, 0.6) is 0 Å². The molecule has 1 N–H and O–H groups in total. The number of pyridine rings is 1. The average Bonchev–Trinajstić information content (AvgIpc) is 2.02. The summed E-state index contributed by atoms with van der Waals surface area (Å²) in [5.74, 6) is 0.382. The standard InChI is InChI=1S/C7H6BrF3N2/c1-12-6-5(8)2-4(3-13-6)7(9,10)11/h2-3H,1H3,(H,12,13). The van der Waals surface area contributed by atoms with Crippen LogP contribution >= 0.6 is 15.9 Å². The molecule has 0 radical (unpaired) electrons. The zero-order valence-electron chi connectivity index (χ0n) is 6.61. The van der Waals surface area contributed by atoms with Crippen LogP contribution in [-0.4, -0.2) is 12.0 Å². The molecule has 13 heavy (non-hydrogen) atoms. The van der Waals surface area contributed by atoms with Crippen LogP contribution in [0.25, 0.3) is 0 Å². The molecule has 1 aromatic rings. The highest BCUT2D eigenvalue weighted by Crippen LogP contribution is 2.32. The van der Waals surface area contributed by atoms with Gasteiger partial charge in [-0.3, -0.25) is 0 Å². The Labute approximate surface area is 81.3 Å². The van der Waals surface area contributed by atoms with Gasteiger partial charge in [0.15, 0.2) is 0 Å². The number of anilines is 1. The highest BCUT2D eigenvalue weighted by atomic mass is 79.9. The predicted molar refractivity (Wildman–Crippen MR) is 46.5 cm³/mol. The molecule has 6 heteroatoms. The molecule has 1 aromatic heterocycles. The van der Waals surface area contributed by atoms with Crippen molar-refractivity contribution in [2.45, 2.75) is 6.18 Å². The van der Waals surface area contributed by atoms with Crippen LogP contribution in [0.3, 0.4) is 0 Å². The molecule has 0 aliphatic heterocycles. The largest absolute Gasteiger partial charge is 0.417 e. The quantitative estimate of drug-likeness (QED) is 0.834. The van der Waals surface area contributed by atoms with Gasteiger partial charge in [0.05, 0.1) is 10.0 Å². The minimum Gasteiger partial charge on any atom is -0.372 e. The van der Waals surface area contributed by atoms with Gasteiger partial charge in [0.2, 0.25) is 0 Å². The highest BCUT2D eigenvalue weighted by molar-refractivity contribution is 9.10. The molecule has 0 saturated heterocycles. The molecule has 0 bridgehead atoms. The van der Waals surface area contributed by atoms with Crippen LogP contribution in [0.15, 0.2) is 16.7 Å². The molecule has 0 atom stereocenters. The molecule has 1 heterocycles. The van der Waals surface area contributed by atoms with Crippen LogP contribution in [0, 0.1) is 0 Å². The number of aromatic nitrogens is 1. The summed E-state index contributed by atoms with van der Waals surface area (Å²) in [4.78, 5) is 3.59. The van der Waals surface area contributed by atoms with Crippen LogP contribution in [0.4, 0.5) is 19.0 Å². The first-order chi connectivity index (χ1) is 5.95. The predicted octanol–water partition coefficient (Wildman–Crippen LogP) is 2.90. The third kappa shape index (κ3) is 2.33. The van der Waals surface area contributed by atoms with Crippen molar-refractivity contribution in [2.75, 3.05) is 12.4 Å². The van der Waals surface area contributed by atoms with E-state index in [0.717, 1.165) is 12.3 Å². The second-order valence-electron chi connectivity index (χ2n) is 2.30. The molecule has 2 nitrogen and oxygen atoms in total. The Kier molecular flexibility index (Phi) is 2.80. The van der Waals surface area contributed by atoms with E-state index < -0.39 is 11.7 Å². The number of hydrogen-bond donors (Lipinski definition) is 1. The molecule has 0 unspecified atom stereocenters. The molecule has 0 fully saturated rings. The normalized spacial score (nSPS) is 11.5. The number of nitrogens with one attached hydrogen (secondary N) is 1. The van der Waals surface area contributed by atoms with Gasteiger partial charge in [0.1, 0.15) is 5.82 Å². The zero-order valence-corrected chi connectivity index (χ0v) is 8.20. The maximum atomic E-state index is 12.1. The highest BCUT2D eigenvalue weighted by Gasteiger charge is 2.31. The number of rotatable bonds is 1. The van der Waals surface area contributed by atoms with Crippen molar-refractivity contribution in [3.8, 4) is 0 Å². The lowest BCUT2D eigenvalue weighted by Gasteiger charge is -2.08. The topological polar surface area (TPSA) is 24.9 Å². The fraction of sp³-hybridized carbons (Fsp3) is 0.286. The summed E-state index contributed by atoms with van der Waals surface area (Å²) in [6.07, 6.45) is -3.56. The second-order valence-corrected chi connectivity index (χ2v) is 3.16. The minimum atomic E-state index is -4.35. The van der Waals surface area contributed by atoms with Crippen molar-refractivity contribution in [3.05, 3.63) is 22.3 Å². The maximum absolute atomic E-state index is 12.1. The monoisotopic (exact) mass is 254 g/mol. The van der Waals surface area contributed by atoms with E-state index in [0.29, 0.717) is 10.3 Å². The van der Waals surface area contributed by atoms with Crippen LogP contribution in [-0.2, 0) is 6.18 Å². The van der Waals surface area contributed by atoms with E-state index in [4.69, 9.17) is 0 Å². The van der Waals surface area contributed by atoms with Gasteiger partial charge in [0, 0.05) is 13.2 Å². The van der Waals surface area contributed by atoms with Gasteiger partial charge in [-0.25, -0.2) is 4.98 Å². The summed E-state index contributed by atoms with van der Waals surface area (Å²) in [6.45, 7) is 0. The van der Waals surface area contributed by atoms with Crippen LogP contribution in [0.1, 0.15) is 5.56 Å². The van der Waals surface area contributed by atoms with Gasteiger partial charge in [-0.15, -0.1) is 0 Å². The molecular weight excluding hydrogens is 249 g/mol.